The van der Waals surface area contributed by atoms with E-state index in [1.54, 1.807) is 14.0 Å². The van der Waals surface area contributed by atoms with E-state index in [0.29, 0.717) is 16.3 Å². The van der Waals surface area contributed by atoms with Crippen LogP contribution in [0.4, 0.5) is 5.00 Å². The Balaban J connectivity index is 1.96. The number of methoxy groups -OCH3 is 1. The van der Waals surface area contributed by atoms with Gasteiger partial charge in [-0.2, -0.15) is 4.37 Å². The number of nitrogens with zero attached hydrogens (tertiary/aromatic N) is 1. The summed E-state index contributed by atoms with van der Waals surface area (Å²) in [7, 11) is 2.92. The SMILES string of the molecule is CNc1snc(C)c1C(=O)OCC(=O)N[C@H](Cc1ccccc1)C(=O)OC. The third-order valence-electron chi connectivity index (χ3n) is 3.73. The molecule has 1 atom stereocenters. The highest BCUT2D eigenvalue weighted by atomic mass is 32.1. The average Bonchev–Trinajstić information content (AvgIpc) is 3.06. The summed E-state index contributed by atoms with van der Waals surface area (Å²) < 4.78 is 13.9. The largest absolute Gasteiger partial charge is 0.467 e. The third-order valence-corrected chi connectivity index (χ3v) is 4.69. The number of nitrogens with one attached hydrogen (secondary N) is 2. The molecule has 0 fully saturated rings. The quantitative estimate of drug-likeness (QED) is 0.658. The number of benzene rings is 1. The van der Waals surface area contributed by atoms with Crippen molar-refractivity contribution in [2.45, 2.75) is 19.4 Å². The highest BCUT2D eigenvalue weighted by Crippen LogP contribution is 2.24. The van der Waals surface area contributed by atoms with Crippen LogP contribution in [0.2, 0.25) is 0 Å². The van der Waals surface area contributed by atoms with Crippen LogP contribution in [0, 0.1) is 6.92 Å². The van der Waals surface area contributed by atoms with Crippen molar-refractivity contribution in [2.75, 3.05) is 26.1 Å². The fraction of sp³-hybridized carbons (Fsp3) is 0.333. The van der Waals surface area contributed by atoms with Crippen LogP contribution < -0.4 is 10.6 Å². The highest BCUT2D eigenvalue weighted by molar-refractivity contribution is 7.10. The van der Waals surface area contributed by atoms with E-state index in [1.807, 2.05) is 30.3 Å². The van der Waals surface area contributed by atoms with Gasteiger partial charge in [-0.15, -0.1) is 0 Å². The maximum absolute atomic E-state index is 12.2. The number of ether oxygens (including phenoxy) is 2. The van der Waals surface area contributed by atoms with Crippen molar-refractivity contribution < 1.29 is 23.9 Å². The van der Waals surface area contributed by atoms with Gasteiger partial charge in [0.2, 0.25) is 0 Å². The van der Waals surface area contributed by atoms with Crippen LogP contribution in [0.5, 0.6) is 0 Å². The number of carbonyl (C=O) groups is 3. The maximum atomic E-state index is 12.2. The zero-order valence-corrected chi connectivity index (χ0v) is 16.1. The van der Waals surface area contributed by atoms with Crippen molar-refractivity contribution >= 4 is 34.4 Å². The lowest BCUT2D eigenvalue weighted by atomic mass is 10.1. The molecule has 2 aromatic rings. The van der Waals surface area contributed by atoms with Crippen molar-refractivity contribution in [1.29, 1.82) is 0 Å². The van der Waals surface area contributed by atoms with Crippen LogP contribution in [0.1, 0.15) is 21.6 Å². The van der Waals surface area contributed by atoms with Gasteiger partial charge in [-0.1, -0.05) is 30.3 Å². The van der Waals surface area contributed by atoms with Crippen LogP contribution in [-0.2, 0) is 25.5 Å². The Labute approximate surface area is 161 Å². The number of aromatic nitrogens is 1. The van der Waals surface area contributed by atoms with Gasteiger partial charge in [0.05, 0.1) is 12.8 Å². The van der Waals surface area contributed by atoms with Gasteiger partial charge in [0.1, 0.15) is 16.6 Å². The molecule has 0 spiro atoms. The summed E-state index contributed by atoms with van der Waals surface area (Å²) in [6, 6.07) is 8.34. The first kappa shape index (κ1) is 20.4. The number of amides is 1. The highest BCUT2D eigenvalue weighted by Gasteiger charge is 2.24. The van der Waals surface area contributed by atoms with Gasteiger partial charge in [-0.05, 0) is 24.0 Å². The van der Waals surface area contributed by atoms with Crippen molar-refractivity contribution in [2.24, 2.45) is 0 Å². The molecule has 27 heavy (non-hydrogen) atoms. The Kier molecular flexibility index (Phi) is 7.30. The van der Waals surface area contributed by atoms with Gasteiger partial charge >= 0.3 is 11.9 Å². The second-order valence-corrected chi connectivity index (χ2v) is 6.40. The first-order valence-corrected chi connectivity index (χ1v) is 8.95. The van der Waals surface area contributed by atoms with Crippen LogP contribution in [0.25, 0.3) is 0 Å². The van der Waals surface area contributed by atoms with Crippen molar-refractivity contribution in [3.8, 4) is 0 Å². The molecule has 0 bridgehead atoms. The minimum Gasteiger partial charge on any atom is -0.467 e. The van der Waals surface area contributed by atoms with Gasteiger partial charge in [0.25, 0.3) is 5.91 Å². The molecule has 9 heteroatoms. The molecule has 1 heterocycles. The molecule has 0 saturated heterocycles. The number of carbonyl (C=O) groups excluding carboxylic acids is 3. The molecule has 0 aliphatic carbocycles. The topological polar surface area (TPSA) is 107 Å². The van der Waals surface area contributed by atoms with Crippen LogP contribution in [0.15, 0.2) is 30.3 Å². The smallest absolute Gasteiger partial charge is 0.343 e. The fourth-order valence-corrected chi connectivity index (χ4v) is 3.14. The molecule has 1 aromatic carbocycles. The lowest BCUT2D eigenvalue weighted by Crippen LogP contribution is -2.44. The summed E-state index contributed by atoms with van der Waals surface area (Å²) >= 11 is 1.13. The Morgan fingerprint density at radius 2 is 1.93 bits per heavy atom. The van der Waals surface area contributed by atoms with E-state index in [-0.39, 0.29) is 6.42 Å². The Hall–Kier alpha value is -2.94. The molecular weight excluding hydrogens is 370 g/mol. The Morgan fingerprint density at radius 1 is 1.22 bits per heavy atom. The van der Waals surface area contributed by atoms with E-state index >= 15 is 0 Å². The zero-order valence-electron chi connectivity index (χ0n) is 15.3. The first-order valence-electron chi connectivity index (χ1n) is 8.18. The summed E-state index contributed by atoms with van der Waals surface area (Å²) in [5.41, 5.74) is 1.68. The van der Waals surface area contributed by atoms with Crippen molar-refractivity contribution in [3.05, 3.63) is 47.2 Å². The van der Waals surface area contributed by atoms with E-state index in [9.17, 15) is 14.4 Å². The molecule has 0 aliphatic heterocycles. The van der Waals surface area contributed by atoms with Gasteiger partial charge < -0.3 is 20.1 Å². The van der Waals surface area contributed by atoms with Crippen molar-refractivity contribution in [3.63, 3.8) is 0 Å². The Bertz CT molecular complexity index is 807. The molecule has 2 rings (SSSR count). The van der Waals surface area contributed by atoms with E-state index in [4.69, 9.17) is 9.47 Å². The third kappa shape index (κ3) is 5.52. The summed E-state index contributed by atoms with van der Waals surface area (Å²) in [4.78, 5) is 36.3. The van der Waals surface area contributed by atoms with E-state index in [1.165, 1.54) is 7.11 Å². The first-order chi connectivity index (χ1) is 13.0. The van der Waals surface area contributed by atoms with Crippen molar-refractivity contribution in [1.82, 2.24) is 9.69 Å². The molecule has 0 aliphatic rings. The molecule has 1 amide bonds. The van der Waals surface area contributed by atoms with Gasteiger partial charge in [-0.3, -0.25) is 4.79 Å². The second-order valence-electron chi connectivity index (χ2n) is 5.63. The standard InChI is InChI=1S/C18H21N3O5S/c1-11-15(16(19-2)27-21-11)18(24)26-10-14(22)20-13(17(23)25-3)9-12-7-5-4-6-8-12/h4-8,13,19H,9-10H2,1-3H3,(H,20,22)/t13-/m1/s1. The molecule has 1 aromatic heterocycles. The minimum atomic E-state index is -0.874. The number of rotatable bonds is 8. The summed E-state index contributed by atoms with van der Waals surface area (Å²) in [5.74, 6) is -1.83. The molecule has 2 N–H and O–H groups in total. The summed E-state index contributed by atoms with van der Waals surface area (Å²) in [5, 5.41) is 5.97. The number of hydrogen-bond donors (Lipinski definition) is 2. The van der Waals surface area contributed by atoms with Gasteiger partial charge in [0.15, 0.2) is 6.61 Å². The number of esters is 2. The van der Waals surface area contributed by atoms with Crippen LogP contribution >= 0.6 is 11.5 Å². The number of anilines is 1. The lowest BCUT2D eigenvalue weighted by molar-refractivity contribution is -0.145. The summed E-state index contributed by atoms with van der Waals surface area (Å²) in [6.45, 7) is 1.17. The normalized spacial score (nSPS) is 11.4. The molecule has 0 unspecified atom stereocenters. The molecule has 144 valence electrons. The summed E-state index contributed by atoms with van der Waals surface area (Å²) in [6.07, 6.45) is 0.269. The second kappa shape index (κ2) is 9.67. The van der Waals surface area contributed by atoms with Gasteiger partial charge in [0, 0.05) is 13.5 Å². The van der Waals surface area contributed by atoms with Gasteiger partial charge in [-0.25, -0.2) is 9.59 Å². The zero-order chi connectivity index (χ0) is 19.8. The average molecular weight is 391 g/mol. The predicted octanol–water partition coefficient (Wildman–Crippen LogP) is 1.55. The molecular formula is C18H21N3O5S. The monoisotopic (exact) mass is 391 g/mol. The van der Waals surface area contributed by atoms with E-state index in [2.05, 4.69) is 15.0 Å². The minimum absolute atomic E-state index is 0.269. The Morgan fingerprint density at radius 3 is 2.56 bits per heavy atom. The van der Waals surface area contributed by atoms with Crippen LogP contribution in [0.3, 0.4) is 0 Å². The number of hydrogen-bond acceptors (Lipinski definition) is 8. The predicted molar refractivity (Wildman–Crippen MR) is 101 cm³/mol. The fourth-order valence-electron chi connectivity index (χ4n) is 2.41. The molecule has 0 radical (unpaired) electrons. The number of aryl methyl sites for hydroxylation is 1. The lowest BCUT2D eigenvalue weighted by Gasteiger charge is -2.16. The van der Waals surface area contributed by atoms with Crippen LogP contribution in [-0.4, -0.2) is 49.0 Å². The molecule has 0 saturated carbocycles. The maximum Gasteiger partial charge on any atom is 0.343 e. The molecule has 8 nitrogen and oxygen atoms in total. The van der Waals surface area contributed by atoms with E-state index in [0.717, 1.165) is 17.1 Å². The van der Waals surface area contributed by atoms with E-state index < -0.39 is 30.5 Å².